The average Bonchev–Trinajstić information content (AvgIpc) is 3.32. The van der Waals surface area contributed by atoms with E-state index < -0.39 is 23.0 Å². The molecule has 43 heavy (non-hydrogen) atoms. The number of alkyl carbamates (subject to hydrolysis) is 1. The molecule has 0 heterocycles. The summed E-state index contributed by atoms with van der Waals surface area (Å²) in [6, 6.07) is 24.3. The van der Waals surface area contributed by atoms with Crippen LogP contribution in [0.25, 0.3) is 11.1 Å². The Morgan fingerprint density at radius 1 is 0.977 bits per heavy atom. The van der Waals surface area contributed by atoms with Gasteiger partial charge in [-0.15, -0.1) is 0 Å². The third-order valence-corrected chi connectivity index (χ3v) is 7.48. The molecule has 5 rings (SSSR count). The first-order valence-corrected chi connectivity index (χ1v) is 13.6. The van der Waals surface area contributed by atoms with Gasteiger partial charge in [-0.1, -0.05) is 54.6 Å². The van der Waals surface area contributed by atoms with Gasteiger partial charge in [0, 0.05) is 29.5 Å². The maximum absolute atomic E-state index is 12.8. The number of carbonyl (C=O) groups is 2. The van der Waals surface area contributed by atoms with Crippen molar-refractivity contribution in [2.75, 3.05) is 13.7 Å². The van der Waals surface area contributed by atoms with Crippen molar-refractivity contribution >= 4 is 17.7 Å². The summed E-state index contributed by atoms with van der Waals surface area (Å²) in [5, 5.41) is 23.4. The Hall–Kier alpha value is -5.38. The minimum atomic E-state index is -1.24. The number of ether oxygens (including phenoxy) is 3. The molecule has 1 atom stereocenters. The fraction of sp³-hybridized carbons (Fsp3) is 0.212. The van der Waals surface area contributed by atoms with Crippen LogP contribution in [0, 0.1) is 17.0 Å². The molecule has 1 aliphatic carbocycles. The number of benzene rings is 4. The number of nitrogens with zero attached hydrogens (tertiary/aromatic N) is 1. The van der Waals surface area contributed by atoms with Gasteiger partial charge in [0.2, 0.25) is 0 Å². The summed E-state index contributed by atoms with van der Waals surface area (Å²) in [7, 11) is 1.51. The standard InChI is InChI=1S/C33H30N2O8/c1-20-15-23(12-13-30(20)35(39)40)42-18-22-16-21(11-14-31(22)41-2)17-29(32(36)37)34-33(38)43-19-28-26-9-5-3-7-24(26)25-8-4-6-10-27(25)28/h3-16,28-29H,17-19H2,1-2H3,(H,34,38)(H,36,37). The number of nitro benzene ring substituents is 1. The van der Waals surface area contributed by atoms with E-state index in [1.807, 2.05) is 48.5 Å². The highest BCUT2D eigenvalue weighted by Gasteiger charge is 2.30. The molecule has 220 valence electrons. The zero-order valence-electron chi connectivity index (χ0n) is 23.6. The number of rotatable bonds is 11. The van der Waals surface area contributed by atoms with E-state index in [9.17, 15) is 24.8 Å². The Morgan fingerprint density at radius 3 is 2.26 bits per heavy atom. The number of amides is 1. The van der Waals surface area contributed by atoms with Crippen LogP contribution in [0.2, 0.25) is 0 Å². The van der Waals surface area contributed by atoms with E-state index in [1.165, 1.54) is 19.2 Å². The number of aryl methyl sites for hydroxylation is 1. The number of hydrogen-bond acceptors (Lipinski definition) is 7. The van der Waals surface area contributed by atoms with Crippen LogP contribution in [0.15, 0.2) is 84.9 Å². The first kappa shape index (κ1) is 29.1. The zero-order valence-corrected chi connectivity index (χ0v) is 23.6. The van der Waals surface area contributed by atoms with E-state index >= 15 is 0 Å². The first-order chi connectivity index (χ1) is 20.7. The lowest BCUT2D eigenvalue weighted by molar-refractivity contribution is -0.385. The topological polar surface area (TPSA) is 137 Å². The molecule has 0 aromatic heterocycles. The van der Waals surface area contributed by atoms with Gasteiger partial charge in [-0.3, -0.25) is 10.1 Å². The number of aliphatic carboxylic acids is 1. The van der Waals surface area contributed by atoms with Crippen molar-refractivity contribution in [2.24, 2.45) is 0 Å². The van der Waals surface area contributed by atoms with Gasteiger partial charge in [-0.25, -0.2) is 9.59 Å². The molecule has 10 heteroatoms. The summed E-state index contributed by atoms with van der Waals surface area (Å²) in [4.78, 5) is 35.5. The normalized spacial score (nSPS) is 12.5. The number of hydrogen-bond donors (Lipinski definition) is 2. The lowest BCUT2D eigenvalue weighted by Gasteiger charge is -2.18. The molecule has 4 aromatic carbocycles. The lowest BCUT2D eigenvalue weighted by atomic mass is 9.98. The summed E-state index contributed by atoms with van der Waals surface area (Å²) in [5.41, 5.74) is 6.04. The summed E-state index contributed by atoms with van der Waals surface area (Å²) in [5.74, 6) is -0.386. The molecule has 1 unspecified atom stereocenters. The van der Waals surface area contributed by atoms with Crippen molar-refractivity contribution in [2.45, 2.75) is 31.9 Å². The van der Waals surface area contributed by atoms with Crippen LogP contribution in [0.5, 0.6) is 11.5 Å². The number of methoxy groups -OCH3 is 1. The number of fused-ring (bicyclic) bond motifs is 3. The van der Waals surface area contributed by atoms with E-state index in [0.717, 1.165) is 22.3 Å². The predicted octanol–water partition coefficient (Wildman–Crippen LogP) is 6.03. The van der Waals surface area contributed by atoms with Gasteiger partial charge in [-0.05, 0) is 59.0 Å². The van der Waals surface area contributed by atoms with Gasteiger partial charge < -0.3 is 24.6 Å². The van der Waals surface area contributed by atoms with Crippen LogP contribution in [0.4, 0.5) is 10.5 Å². The summed E-state index contributed by atoms with van der Waals surface area (Å²) < 4.78 is 16.8. The maximum Gasteiger partial charge on any atom is 0.407 e. The Kier molecular flexibility index (Phi) is 8.56. The monoisotopic (exact) mass is 582 g/mol. The molecule has 2 N–H and O–H groups in total. The van der Waals surface area contributed by atoms with Crippen LogP contribution >= 0.6 is 0 Å². The first-order valence-electron chi connectivity index (χ1n) is 13.6. The Balaban J connectivity index is 1.23. The average molecular weight is 583 g/mol. The summed E-state index contributed by atoms with van der Waals surface area (Å²) >= 11 is 0. The van der Waals surface area contributed by atoms with Crippen molar-refractivity contribution in [3.05, 3.63) is 123 Å². The minimum Gasteiger partial charge on any atom is -0.496 e. The highest BCUT2D eigenvalue weighted by molar-refractivity contribution is 5.81. The number of nitrogens with one attached hydrogen (secondary N) is 1. The van der Waals surface area contributed by atoms with Crippen molar-refractivity contribution in [3.63, 3.8) is 0 Å². The van der Waals surface area contributed by atoms with Crippen LogP contribution in [0.1, 0.15) is 33.7 Å². The van der Waals surface area contributed by atoms with Gasteiger partial charge in [0.1, 0.15) is 30.8 Å². The van der Waals surface area contributed by atoms with Crippen molar-refractivity contribution in [3.8, 4) is 22.6 Å². The number of carboxylic acids is 1. The largest absolute Gasteiger partial charge is 0.496 e. The highest BCUT2D eigenvalue weighted by atomic mass is 16.6. The molecule has 0 saturated heterocycles. The summed E-state index contributed by atoms with van der Waals surface area (Å²) in [6.07, 6.45) is -0.826. The SMILES string of the molecule is COc1ccc(CC(NC(=O)OCC2c3ccccc3-c3ccccc32)C(=O)O)cc1COc1ccc([N+](=O)[O-])c(C)c1. The van der Waals surface area contributed by atoms with Gasteiger partial charge >= 0.3 is 12.1 Å². The number of carbonyl (C=O) groups excluding carboxylic acids is 1. The molecule has 1 aliphatic rings. The van der Waals surface area contributed by atoms with Gasteiger partial charge in [0.05, 0.1) is 12.0 Å². The molecule has 0 aliphatic heterocycles. The molecule has 0 radical (unpaired) electrons. The van der Waals surface area contributed by atoms with E-state index in [2.05, 4.69) is 5.32 Å². The van der Waals surface area contributed by atoms with Gasteiger partial charge in [0.25, 0.3) is 5.69 Å². The minimum absolute atomic E-state index is 0.00413. The third kappa shape index (κ3) is 6.43. The molecular weight excluding hydrogens is 552 g/mol. The van der Waals surface area contributed by atoms with Crippen LogP contribution < -0.4 is 14.8 Å². The van der Waals surface area contributed by atoms with E-state index in [0.29, 0.717) is 28.2 Å². The van der Waals surface area contributed by atoms with Crippen LogP contribution in [0.3, 0.4) is 0 Å². The molecule has 0 fully saturated rings. The fourth-order valence-corrected chi connectivity index (χ4v) is 5.37. The quantitative estimate of drug-likeness (QED) is 0.162. The lowest BCUT2D eigenvalue weighted by Crippen LogP contribution is -2.42. The molecule has 1 amide bonds. The van der Waals surface area contributed by atoms with E-state index in [1.54, 1.807) is 31.2 Å². The van der Waals surface area contributed by atoms with E-state index in [4.69, 9.17) is 14.2 Å². The second kappa shape index (κ2) is 12.6. The Labute approximate surface area is 248 Å². The molecule has 0 spiro atoms. The molecule has 0 bridgehead atoms. The van der Waals surface area contributed by atoms with Crippen molar-refractivity contribution < 1.29 is 33.8 Å². The van der Waals surface area contributed by atoms with Gasteiger partial charge in [-0.2, -0.15) is 0 Å². The molecule has 10 nitrogen and oxygen atoms in total. The molecule has 0 saturated carbocycles. The van der Waals surface area contributed by atoms with E-state index in [-0.39, 0.29) is 31.2 Å². The van der Waals surface area contributed by atoms with Crippen LogP contribution in [-0.4, -0.2) is 41.9 Å². The molecular formula is C33H30N2O8. The fourth-order valence-electron chi connectivity index (χ4n) is 5.37. The van der Waals surface area contributed by atoms with Crippen molar-refractivity contribution in [1.82, 2.24) is 5.32 Å². The summed E-state index contributed by atoms with van der Waals surface area (Å²) in [6.45, 7) is 1.77. The van der Waals surface area contributed by atoms with Gasteiger partial charge in [0.15, 0.2) is 0 Å². The Bertz CT molecular complexity index is 1640. The third-order valence-electron chi connectivity index (χ3n) is 7.48. The highest BCUT2D eigenvalue weighted by Crippen LogP contribution is 2.44. The number of carboxylic acid groups (broad SMARTS) is 1. The second-order valence-electron chi connectivity index (χ2n) is 10.2. The van der Waals surface area contributed by atoms with Crippen LogP contribution in [-0.2, 0) is 22.6 Å². The predicted molar refractivity (Wildman–Crippen MR) is 158 cm³/mol. The molecule has 4 aromatic rings. The second-order valence-corrected chi connectivity index (χ2v) is 10.2. The van der Waals surface area contributed by atoms with Crippen molar-refractivity contribution in [1.29, 1.82) is 0 Å². The zero-order chi connectivity index (χ0) is 30.5. The number of nitro groups is 1. The Morgan fingerprint density at radius 2 is 1.65 bits per heavy atom. The maximum atomic E-state index is 12.8. The smallest absolute Gasteiger partial charge is 0.407 e.